The van der Waals surface area contributed by atoms with Crippen LogP contribution in [-0.4, -0.2) is 70.0 Å². The SMILES string of the molecule is CCCCC/C=C/C/C=C/C/C=C/C/C=C/CCCC(=O)OC[C@@H](COP(=O)([O-])OCC[N+](C)(C)C)OC(=O)CCCCCCCCCCCC. The molecule has 9 nitrogen and oxygen atoms in total. The molecule has 0 heterocycles. The van der Waals surface area contributed by atoms with Crippen LogP contribution in [0.5, 0.6) is 0 Å². The Bertz CT molecular complexity index is 1020. The molecule has 0 rings (SSSR count). The number of phosphoric acid groups is 1. The normalized spacial score (nSPS) is 14.2. The van der Waals surface area contributed by atoms with Crippen LogP contribution >= 0.6 is 7.82 Å². The van der Waals surface area contributed by atoms with Crippen LogP contribution in [-0.2, 0) is 32.7 Å². The number of likely N-dealkylation sites (N-methyl/N-ethyl adjacent to an activating group) is 1. The van der Waals surface area contributed by atoms with Crippen LogP contribution in [0.4, 0.5) is 0 Å². The van der Waals surface area contributed by atoms with E-state index in [2.05, 4.69) is 56.4 Å². The predicted molar refractivity (Wildman–Crippen MR) is 208 cm³/mol. The summed E-state index contributed by atoms with van der Waals surface area (Å²) in [6.07, 6.45) is 37.2. The summed E-state index contributed by atoms with van der Waals surface area (Å²) in [5.74, 6) is -0.905. The number of ether oxygens (including phenoxy) is 2. The molecule has 2 atom stereocenters. The van der Waals surface area contributed by atoms with Crippen LogP contribution in [0.25, 0.3) is 0 Å². The second-order valence-electron chi connectivity index (χ2n) is 14.3. The van der Waals surface area contributed by atoms with Gasteiger partial charge in [-0.25, -0.2) is 0 Å². The van der Waals surface area contributed by atoms with Crippen molar-refractivity contribution in [2.75, 3.05) is 47.5 Å². The molecule has 296 valence electrons. The highest BCUT2D eigenvalue weighted by molar-refractivity contribution is 7.45. The van der Waals surface area contributed by atoms with E-state index in [0.717, 1.165) is 44.9 Å². The highest BCUT2D eigenvalue weighted by Gasteiger charge is 2.21. The lowest BCUT2D eigenvalue weighted by Gasteiger charge is -2.28. The lowest BCUT2D eigenvalue weighted by atomic mass is 10.1. The summed E-state index contributed by atoms with van der Waals surface area (Å²) in [5.41, 5.74) is 0. The van der Waals surface area contributed by atoms with Crippen molar-refractivity contribution in [3.63, 3.8) is 0 Å². The number of carbonyl (C=O) groups excluding carboxylic acids is 2. The summed E-state index contributed by atoms with van der Waals surface area (Å²) in [7, 11) is 1.13. The number of rotatable bonds is 35. The van der Waals surface area contributed by atoms with Gasteiger partial charge < -0.3 is 27.9 Å². The molecule has 0 aliphatic rings. The molecule has 0 saturated carbocycles. The van der Waals surface area contributed by atoms with E-state index in [9.17, 15) is 19.0 Å². The molecule has 10 heteroatoms. The number of nitrogens with zero attached hydrogens (tertiary/aromatic N) is 1. The number of carbonyl (C=O) groups is 2. The summed E-state index contributed by atoms with van der Waals surface area (Å²) in [6, 6.07) is 0. The quantitative estimate of drug-likeness (QED) is 0.0208. The number of hydrogen-bond donors (Lipinski definition) is 0. The molecular weight excluding hydrogens is 665 g/mol. The van der Waals surface area contributed by atoms with Gasteiger partial charge in [-0.15, -0.1) is 0 Å². The van der Waals surface area contributed by atoms with Crippen molar-refractivity contribution >= 4 is 19.8 Å². The second kappa shape index (κ2) is 33.8. The van der Waals surface area contributed by atoms with E-state index in [0.29, 0.717) is 23.9 Å². The van der Waals surface area contributed by atoms with Gasteiger partial charge in [-0.1, -0.05) is 133 Å². The third kappa shape index (κ3) is 37.5. The van der Waals surface area contributed by atoms with Crippen molar-refractivity contribution in [1.82, 2.24) is 0 Å². The third-order valence-electron chi connectivity index (χ3n) is 8.10. The van der Waals surface area contributed by atoms with Crippen molar-refractivity contribution in [3.8, 4) is 0 Å². The van der Waals surface area contributed by atoms with E-state index in [-0.39, 0.29) is 26.1 Å². The van der Waals surface area contributed by atoms with E-state index >= 15 is 0 Å². The standard InChI is InChI=1S/C41H74NO8P/c1-6-8-10-12-14-16-18-19-20-21-22-23-24-26-27-29-31-33-40(43)47-37-39(38-49-51(45,46)48-36-35-42(3,4)5)50-41(44)34-32-30-28-25-17-15-13-11-9-7-2/h14,16,19-20,22-23,26-27,39H,6-13,15,17-18,21,24-25,28-38H2,1-5H3/b16-14+,20-19+,23-22+,27-26+/t39-/m0/s1. The van der Waals surface area contributed by atoms with Gasteiger partial charge in [-0.2, -0.15) is 0 Å². The summed E-state index contributed by atoms with van der Waals surface area (Å²) in [4.78, 5) is 37.3. The molecule has 0 aromatic carbocycles. The van der Waals surface area contributed by atoms with Gasteiger partial charge in [-0.3, -0.25) is 14.2 Å². The molecule has 0 aliphatic heterocycles. The average molecular weight is 740 g/mol. The van der Waals surface area contributed by atoms with Gasteiger partial charge in [0.05, 0.1) is 27.7 Å². The Morgan fingerprint density at radius 1 is 0.608 bits per heavy atom. The van der Waals surface area contributed by atoms with E-state index in [1.54, 1.807) is 0 Å². The Balaban J connectivity index is 4.49. The topological polar surface area (TPSA) is 111 Å². The zero-order valence-electron chi connectivity index (χ0n) is 33.0. The maximum absolute atomic E-state index is 12.6. The molecule has 0 aromatic rings. The molecule has 51 heavy (non-hydrogen) atoms. The van der Waals surface area contributed by atoms with Crippen LogP contribution in [0.15, 0.2) is 48.6 Å². The minimum Gasteiger partial charge on any atom is -0.756 e. The highest BCUT2D eigenvalue weighted by atomic mass is 31.2. The number of unbranched alkanes of at least 4 members (excludes halogenated alkanes) is 13. The molecule has 0 spiro atoms. The van der Waals surface area contributed by atoms with Gasteiger partial charge in [0.25, 0.3) is 7.82 Å². The van der Waals surface area contributed by atoms with E-state index in [1.807, 2.05) is 27.2 Å². The fourth-order valence-corrected chi connectivity index (χ4v) is 5.67. The summed E-state index contributed by atoms with van der Waals surface area (Å²) < 4.78 is 33.7. The first-order chi connectivity index (χ1) is 24.5. The van der Waals surface area contributed by atoms with E-state index < -0.39 is 32.5 Å². The fourth-order valence-electron chi connectivity index (χ4n) is 4.94. The third-order valence-corrected chi connectivity index (χ3v) is 9.07. The van der Waals surface area contributed by atoms with Gasteiger partial charge in [0, 0.05) is 12.8 Å². The van der Waals surface area contributed by atoms with Gasteiger partial charge in [0.2, 0.25) is 0 Å². The minimum absolute atomic E-state index is 0.0398. The Hall–Kier alpha value is -2.03. The zero-order chi connectivity index (χ0) is 37.9. The zero-order valence-corrected chi connectivity index (χ0v) is 33.9. The first kappa shape index (κ1) is 49.0. The lowest BCUT2D eigenvalue weighted by Crippen LogP contribution is -2.37. The Labute approximate surface area is 312 Å². The van der Waals surface area contributed by atoms with Crippen LogP contribution in [0, 0.1) is 0 Å². The number of phosphoric ester groups is 1. The molecule has 0 aliphatic carbocycles. The Morgan fingerprint density at radius 3 is 1.63 bits per heavy atom. The average Bonchev–Trinajstić information content (AvgIpc) is 3.07. The monoisotopic (exact) mass is 740 g/mol. The summed E-state index contributed by atoms with van der Waals surface area (Å²) in [5, 5.41) is 0. The van der Waals surface area contributed by atoms with Crippen molar-refractivity contribution < 1.29 is 42.1 Å². The summed E-state index contributed by atoms with van der Waals surface area (Å²) >= 11 is 0. The highest BCUT2D eigenvalue weighted by Crippen LogP contribution is 2.38. The minimum atomic E-state index is -4.63. The fraction of sp³-hybridized carbons (Fsp3) is 0.756. The van der Waals surface area contributed by atoms with Crippen LogP contribution in [0.3, 0.4) is 0 Å². The van der Waals surface area contributed by atoms with Crippen molar-refractivity contribution in [2.45, 2.75) is 155 Å². The predicted octanol–water partition coefficient (Wildman–Crippen LogP) is 10.1. The maximum atomic E-state index is 12.6. The molecular formula is C41H74NO8P. The van der Waals surface area contributed by atoms with E-state index in [4.69, 9.17) is 18.5 Å². The Kier molecular flexibility index (Phi) is 32.4. The molecule has 0 amide bonds. The van der Waals surface area contributed by atoms with Crippen LogP contribution in [0.2, 0.25) is 0 Å². The van der Waals surface area contributed by atoms with Gasteiger partial charge in [0.1, 0.15) is 19.8 Å². The number of hydrogen-bond acceptors (Lipinski definition) is 8. The molecule has 0 radical (unpaired) electrons. The van der Waals surface area contributed by atoms with Crippen molar-refractivity contribution in [2.24, 2.45) is 0 Å². The van der Waals surface area contributed by atoms with Crippen molar-refractivity contribution in [3.05, 3.63) is 48.6 Å². The van der Waals surface area contributed by atoms with E-state index in [1.165, 1.54) is 64.2 Å². The first-order valence-electron chi connectivity index (χ1n) is 19.8. The lowest BCUT2D eigenvalue weighted by molar-refractivity contribution is -0.870. The maximum Gasteiger partial charge on any atom is 0.306 e. The number of quaternary nitrogens is 1. The van der Waals surface area contributed by atoms with Crippen LogP contribution < -0.4 is 4.89 Å². The van der Waals surface area contributed by atoms with Gasteiger partial charge >= 0.3 is 11.9 Å². The summed E-state index contributed by atoms with van der Waals surface area (Å²) in [6.45, 7) is 4.10. The Morgan fingerprint density at radius 2 is 1.08 bits per heavy atom. The van der Waals surface area contributed by atoms with Crippen molar-refractivity contribution in [1.29, 1.82) is 0 Å². The number of allylic oxidation sites excluding steroid dienone is 8. The smallest absolute Gasteiger partial charge is 0.306 e. The number of esters is 2. The van der Waals surface area contributed by atoms with Gasteiger partial charge in [-0.05, 0) is 51.4 Å². The molecule has 0 saturated heterocycles. The second-order valence-corrected chi connectivity index (χ2v) is 15.7. The largest absolute Gasteiger partial charge is 0.756 e. The molecule has 0 bridgehead atoms. The molecule has 0 N–H and O–H groups in total. The van der Waals surface area contributed by atoms with Gasteiger partial charge in [0.15, 0.2) is 6.10 Å². The molecule has 0 aromatic heterocycles. The first-order valence-corrected chi connectivity index (χ1v) is 21.3. The van der Waals surface area contributed by atoms with Crippen LogP contribution in [0.1, 0.15) is 149 Å². The molecule has 1 unspecified atom stereocenters. The molecule has 0 fully saturated rings.